The lowest BCUT2D eigenvalue weighted by Crippen LogP contribution is -2.22. The molecule has 11 heteroatoms. The lowest BCUT2D eigenvalue weighted by Gasteiger charge is -2.03. The summed E-state index contributed by atoms with van der Waals surface area (Å²) in [4.78, 5) is 26.5. The van der Waals surface area contributed by atoms with Gasteiger partial charge in [-0.2, -0.15) is 10.2 Å². The quantitative estimate of drug-likeness (QED) is 0.212. The van der Waals surface area contributed by atoms with Crippen LogP contribution >= 0.6 is 38.6 Å². The number of aryl methyl sites for hydroxylation is 2. The molecule has 2 amide bonds. The Morgan fingerprint density at radius 3 is 2.49 bits per heavy atom. The van der Waals surface area contributed by atoms with E-state index in [1.54, 1.807) is 29.1 Å². The molecule has 0 atom stereocenters. The van der Waals surface area contributed by atoms with Crippen LogP contribution in [0.25, 0.3) is 10.4 Å². The maximum absolute atomic E-state index is 12.6. The fraction of sp³-hybridized carbons (Fsp3) is 0.167. The first-order valence-corrected chi connectivity index (χ1v) is 13.0. The van der Waals surface area contributed by atoms with Gasteiger partial charge in [0.25, 0.3) is 11.8 Å². The Bertz CT molecular complexity index is 1400. The minimum Gasteiger partial charge on any atom is -0.506 e. The number of rotatable bonds is 7. The van der Waals surface area contributed by atoms with Crippen LogP contribution in [0.5, 0.6) is 5.75 Å². The Balaban J connectivity index is 1.38. The number of nitrogens with zero attached hydrogens (tertiary/aromatic N) is 3. The van der Waals surface area contributed by atoms with Crippen LogP contribution < -0.4 is 10.7 Å². The Morgan fingerprint density at radius 2 is 1.83 bits per heavy atom. The first-order valence-electron chi connectivity index (χ1n) is 10.5. The van der Waals surface area contributed by atoms with Crippen LogP contribution in [0, 0.1) is 6.92 Å². The molecule has 0 bridgehead atoms. The molecule has 0 aliphatic carbocycles. The smallest absolute Gasteiger partial charge is 0.281 e. The molecule has 4 rings (SSSR count). The van der Waals surface area contributed by atoms with Gasteiger partial charge < -0.3 is 10.4 Å². The molecule has 3 aromatic heterocycles. The van der Waals surface area contributed by atoms with E-state index >= 15 is 0 Å². The van der Waals surface area contributed by atoms with Crippen molar-refractivity contribution in [3.8, 4) is 16.2 Å². The summed E-state index contributed by atoms with van der Waals surface area (Å²) in [7, 11) is 1.84. The Hall–Kier alpha value is -3.28. The van der Waals surface area contributed by atoms with E-state index in [1.165, 1.54) is 11.3 Å². The van der Waals surface area contributed by atoms with E-state index in [0.29, 0.717) is 27.6 Å². The van der Waals surface area contributed by atoms with Gasteiger partial charge in [-0.15, -0.1) is 22.7 Å². The summed E-state index contributed by atoms with van der Waals surface area (Å²) in [6.07, 6.45) is 0. The molecular weight excluding hydrogens is 550 g/mol. The zero-order chi connectivity index (χ0) is 25.1. The molecule has 0 fully saturated rings. The van der Waals surface area contributed by atoms with Gasteiger partial charge in [-0.25, -0.2) is 5.43 Å². The fourth-order valence-corrected chi connectivity index (χ4v) is 5.31. The molecule has 3 heterocycles. The van der Waals surface area contributed by atoms with Gasteiger partial charge >= 0.3 is 0 Å². The highest BCUT2D eigenvalue weighted by Gasteiger charge is 2.17. The minimum atomic E-state index is -0.434. The maximum atomic E-state index is 12.6. The number of carbonyl (C=O) groups excluding carboxylic acids is 2. The van der Waals surface area contributed by atoms with Crippen molar-refractivity contribution in [3.05, 3.63) is 79.0 Å². The normalized spacial score (nSPS) is 11.5. The average molecular weight is 573 g/mol. The van der Waals surface area contributed by atoms with Gasteiger partial charge in [0.2, 0.25) is 0 Å². The summed E-state index contributed by atoms with van der Waals surface area (Å²) >= 11 is 5.88. The van der Waals surface area contributed by atoms with Crippen LogP contribution in [0.3, 0.4) is 0 Å². The van der Waals surface area contributed by atoms with E-state index in [2.05, 4.69) is 36.9 Å². The summed E-state index contributed by atoms with van der Waals surface area (Å²) in [6.45, 7) is 3.95. The number of benzene rings is 1. The van der Waals surface area contributed by atoms with Gasteiger partial charge in [0.15, 0.2) is 0 Å². The zero-order valence-corrected chi connectivity index (χ0v) is 22.3. The van der Waals surface area contributed by atoms with Crippen molar-refractivity contribution in [2.75, 3.05) is 0 Å². The van der Waals surface area contributed by atoms with Crippen molar-refractivity contribution in [3.63, 3.8) is 0 Å². The predicted octanol–water partition coefficient (Wildman–Crippen LogP) is 5.07. The predicted molar refractivity (Wildman–Crippen MR) is 142 cm³/mol. The van der Waals surface area contributed by atoms with Crippen LogP contribution in [-0.4, -0.2) is 32.4 Å². The number of carbonyl (C=O) groups is 2. The molecule has 8 nitrogen and oxygen atoms in total. The lowest BCUT2D eigenvalue weighted by atomic mass is 10.1. The molecule has 0 unspecified atom stereocenters. The molecule has 35 heavy (non-hydrogen) atoms. The third-order valence-corrected chi connectivity index (χ3v) is 7.86. The highest BCUT2D eigenvalue weighted by molar-refractivity contribution is 9.10. The van der Waals surface area contributed by atoms with Crippen LogP contribution in [-0.2, 0) is 13.6 Å². The second-order valence-electron chi connectivity index (χ2n) is 7.72. The number of amides is 2. The Kier molecular flexibility index (Phi) is 7.48. The van der Waals surface area contributed by atoms with E-state index in [4.69, 9.17) is 0 Å². The average Bonchev–Trinajstić information content (AvgIpc) is 3.56. The van der Waals surface area contributed by atoms with Crippen LogP contribution in [0.4, 0.5) is 0 Å². The largest absolute Gasteiger partial charge is 0.506 e. The van der Waals surface area contributed by atoms with E-state index in [9.17, 15) is 14.7 Å². The van der Waals surface area contributed by atoms with Gasteiger partial charge in [-0.3, -0.25) is 14.3 Å². The molecule has 180 valence electrons. The molecule has 4 aromatic rings. The molecule has 0 aliphatic rings. The SMILES string of the molecule is C/C(=N\NC(=O)c1ccc(C(=O)NCc2cc(C)n(C)n2)s1)c1csc(-c2ccc(Br)cc2)c1O. The molecular formula is C24H22BrN5O3S2. The monoisotopic (exact) mass is 571 g/mol. The molecule has 1 aromatic carbocycles. The van der Waals surface area contributed by atoms with Crippen molar-refractivity contribution >= 4 is 56.1 Å². The third-order valence-electron chi connectivity index (χ3n) is 5.23. The summed E-state index contributed by atoms with van der Waals surface area (Å²) in [6, 6.07) is 12.7. The first-order chi connectivity index (χ1) is 16.7. The lowest BCUT2D eigenvalue weighted by molar-refractivity contribution is 0.0949. The van der Waals surface area contributed by atoms with E-state index in [-0.39, 0.29) is 11.7 Å². The van der Waals surface area contributed by atoms with Crippen LogP contribution in [0.15, 0.2) is 57.4 Å². The number of aromatic nitrogens is 2. The van der Waals surface area contributed by atoms with Crippen molar-refractivity contribution in [1.82, 2.24) is 20.5 Å². The summed E-state index contributed by atoms with van der Waals surface area (Å²) in [5.74, 6) is -0.594. The number of hydrazone groups is 1. The molecule has 3 N–H and O–H groups in total. The number of thiophene rings is 2. The standard InChI is InChI=1S/C24H22BrN5O3S2/c1-13-10-17(29-30(13)3)11-26-23(32)19-8-9-20(35-19)24(33)28-27-14(2)18-12-34-22(21(18)31)15-4-6-16(25)7-5-15/h4-10,12,31H,11H2,1-3H3,(H,26,32)(H,28,33)/b27-14+. The van der Waals surface area contributed by atoms with E-state index < -0.39 is 5.91 Å². The summed E-state index contributed by atoms with van der Waals surface area (Å²) in [5, 5.41) is 23.7. The van der Waals surface area contributed by atoms with Gasteiger partial charge in [0, 0.05) is 22.6 Å². The van der Waals surface area contributed by atoms with Gasteiger partial charge in [-0.05, 0) is 49.7 Å². The number of hydrogen-bond acceptors (Lipinski definition) is 7. The van der Waals surface area contributed by atoms with E-state index in [1.807, 2.05) is 44.3 Å². The second kappa shape index (κ2) is 10.5. The zero-order valence-electron chi connectivity index (χ0n) is 19.1. The molecule has 0 saturated heterocycles. The number of hydrogen-bond donors (Lipinski definition) is 3. The van der Waals surface area contributed by atoms with Gasteiger partial charge in [0.05, 0.1) is 38.1 Å². The minimum absolute atomic E-state index is 0.117. The topological polar surface area (TPSA) is 109 Å². The Morgan fingerprint density at radius 1 is 1.14 bits per heavy atom. The number of aromatic hydroxyl groups is 1. The molecule has 0 aliphatic heterocycles. The Labute approximate surface area is 218 Å². The summed E-state index contributed by atoms with van der Waals surface area (Å²) in [5.41, 5.74) is 6.17. The molecule has 0 saturated carbocycles. The van der Waals surface area contributed by atoms with Gasteiger partial charge in [0.1, 0.15) is 5.75 Å². The number of halogens is 1. The van der Waals surface area contributed by atoms with Crippen molar-refractivity contribution in [2.24, 2.45) is 12.1 Å². The fourth-order valence-electron chi connectivity index (χ4n) is 3.23. The van der Waals surface area contributed by atoms with Crippen molar-refractivity contribution < 1.29 is 14.7 Å². The van der Waals surface area contributed by atoms with Gasteiger partial charge in [-0.1, -0.05) is 28.1 Å². The highest BCUT2D eigenvalue weighted by Crippen LogP contribution is 2.39. The highest BCUT2D eigenvalue weighted by atomic mass is 79.9. The molecule has 0 spiro atoms. The second-order valence-corrected chi connectivity index (χ2v) is 10.6. The van der Waals surface area contributed by atoms with Crippen molar-refractivity contribution in [2.45, 2.75) is 20.4 Å². The maximum Gasteiger partial charge on any atom is 0.281 e. The van der Waals surface area contributed by atoms with Crippen LogP contribution in [0.1, 0.15) is 43.2 Å². The van der Waals surface area contributed by atoms with Crippen molar-refractivity contribution in [1.29, 1.82) is 0 Å². The third kappa shape index (κ3) is 5.69. The molecule has 0 radical (unpaired) electrons. The van der Waals surface area contributed by atoms with Crippen LogP contribution in [0.2, 0.25) is 0 Å². The first kappa shape index (κ1) is 24.8. The summed E-state index contributed by atoms with van der Waals surface area (Å²) < 4.78 is 2.70. The van der Waals surface area contributed by atoms with E-state index in [0.717, 1.165) is 37.6 Å². The number of nitrogens with one attached hydrogen (secondary N) is 2.